The van der Waals surface area contributed by atoms with E-state index in [9.17, 15) is 4.79 Å². The topological polar surface area (TPSA) is 85.8 Å². The summed E-state index contributed by atoms with van der Waals surface area (Å²) in [6.45, 7) is 2.24. The average Bonchev–Trinajstić information content (AvgIpc) is 3.26. The lowest BCUT2D eigenvalue weighted by Crippen LogP contribution is -2.27. The fraction of sp³-hybridized carbons (Fsp3) is 0.263. The smallest absolute Gasteiger partial charge is 0.391 e. The van der Waals surface area contributed by atoms with Gasteiger partial charge in [0.25, 0.3) is 0 Å². The molecule has 142 valence electrons. The second kappa shape index (κ2) is 6.49. The first-order chi connectivity index (χ1) is 13.6. The van der Waals surface area contributed by atoms with Crippen LogP contribution in [0.5, 0.6) is 5.88 Å². The van der Waals surface area contributed by atoms with Crippen molar-refractivity contribution in [2.24, 2.45) is 0 Å². The maximum atomic E-state index is 12.3. The first-order valence-corrected chi connectivity index (χ1v) is 9.40. The molecule has 0 spiro atoms. The zero-order valence-corrected chi connectivity index (χ0v) is 15.8. The minimum absolute atomic E-state index is 0.227. The lowest BCUT2D eigenvalue weighted by atomic mass is 10.2. The van der Waals surface area contributed by atoms with Crippen LogP contribution in [-0.2, 0) is 6.54 Å². The molecule has 0 aromatic carbocycles. The van der Waals surface area contributed by atoms with Crippen LogP contribution < -0.4 is 10.1 Å². The Morgan fingerprint density at radius 1 is 1.36 bits per heavy atom. The highest BCUT2D eigenvalue weighted by Crippen LogP contribution is 2.42. The third-order valence-corrected chi connectivity index (χ3v) is 5.00. The van der Waals surface area contributed by atoms with Crippen molar-refractivity contribution in [2.45, 2.75) is 32.2 Å². The number of fused-ring (bicyclic) bond motifs is 2. The highest BCUT2D eigenvalue weighted by atomic mass is 35.5. The van der Waals surface area contributed by atoms with E-state index in [1.54, 1.807) is 6.20 Å². The lowest BCUT2D eigenvalue weighted by molar-refractivity contribution is 0.196. The highest BCUT2D eigenvalue weighted by Gasteiger charge is 2.28. The number of nitrogens with zero attached hydrogens (tertiary/aromatic N) is 5. The second-order valence-corrected chi connectivity index (χ2v) is 7.28. The van der Waals surface area contributed by atoms with Crippen molar-refractivity contribution >= 4 is 29.0 Å². The van der Waals surface area contributed by atoms with Crippen molar-refractivity contribution in [3.63, 3.8) is 0 Å². The van der Waals surface area contributed by atoms with E-state index in [-0.39, 0.29) is 17.6 Å². The van der Waals surface area contributed by atoms with E-state index in [0.29, 0.717) is 11.6 Å². The van der Waals surface area contributed by atoms with E-state index in [1.165, 1.54) is 10.6 Å². The number of carbonyl (C=O) groups excluding carboxylic acids is 1. The Labute approximate surface area is 165 Å². The van der Waals surface area contributed by atoms with Gasteiger partial charge in [-0.15, -0.1) is 0 Å². The second-order valence-electron chi connectivity index (χ2n) is 6.90. The number of halogens is 1. The summed E-state index contributed by atoms with van der Waals surface area (Å²) in [5, 5.41) is 7.28. The number of hydrogen-bond donors (Lipinski definition) is 1. The van der Waals surface area contributed by atoms with Gasteiger partial charge in [-0.25, -0.2) is 14.8 Å². The van der Waals surface area contributed by atoms with Gasteiger partial charge in [0, 0.05) is 23.5 Å². The number of aryl methyl sites for hydroxylation is 1. The number of pyridine rings is 1. The van der Waals surface area contributed by atoms with Crippen LogP contribution >= 0.6 is 11.6 Å². The minimum atomic E-state index is -0.610. The molecule has 0 unspecified atom stereocenters. The van der Waals surface area contributed by atoms with Gasteiger partial charge in [-0.3, -0.25) is 0 Å². The standard InChI is InChI=1S/C19H17ClN6O2/c1-11-3-2-4-16-23-13(10-25(11)16)8-21-19(27)28-17-7-15(20)24-18-14(12-5-6-12)9-22-26(17)18/h2-4,7,9-10,12H,5-6,8H2,1H3,(H,21,27). The lowest BCUT2D eigenvalue weighted by Gasteiger charge is -2.07. The number of imidazole rings is 1. The molecule has 1 fully saturated rings. The van der Waals surface area contributed by atoms with Crippen LogP contribution in [-0.4, -0.2) is 30.1 Å². The molecule has 1 aliphatic carbocycles. The Morgan fingerprint density at radius 3 is 3.00 bits per heavy atom. The van der Waals surface area contributed by atoms with Crippen molar-refractivity contribution in [3.8, 4) is 5.88 Å². The van der Waals surface area contributed by atoms with E-state index < -0.39 is 6.09 Å². The van der Waals surface area contributed by atoms with Crippen molar-refractivity contribution in [3.05, 3.63) is 58.8 Å². The number of ether oxygens (including phenoxy) is 1. The molecular formula is C19H17ClN6O2. The van der Waals surface area contributed by atoms with Crippen LogP contribution in [0.2, 0.25) is 5.15 Å². The third kappa shape index (κ3) is 3.05. The van der Waals surface area contributed by atoms with Crippen LogP contribution in [0.4, 0.5) is 4.79 Å². The normalized spacial score (nSPS) is 13.9. The predicted molar refractivity (Wildman–Crippen MR) is 103 cm³/mol. The summed E-state index contributed by atoms with van der Waals surface area (Å²) in [5.41, 5.74) is 4.30. The number of hydrogen-bond acceptors (Lipinski definition) is 5. The number of carbonyl (C=O) groups is 1. The van der Waals surface area contributed by atoms with E-state index >= 15 is 0 Å². The fourth-order valence-corrected chi connectivity index (χ4v) is 3.43. The monoisotopic (exact) mass is 396 g/mol. The fourth-order valence-electron chi connectivity index (χ4n) is 3.26. The number of rotatable bonds is 4. The molecule has 0 bridgehead atoms. The molecule has 1 amide bonds. The SMILES string of the molecule is Cc1cccc2nc(CNC(=O)Oc3cc(Cl)nc4c(C5CC5)cnn34)cn12. The molecule has 9 heteroatoms. The molecule has 0 saturated heterocycles. The summed E-state index contributed by atoms with van der Waals surface area (Å²) in [5.74, 6) is 0.689. The van der Waals surface area contributed by atoms with Crippen molar-refractivity contribution in [1.82, 2.24) is 29.3 Å². The molecule has 1 aliphatic rings. The summed E-state index contributed by atoms with van der Waals surface area (Å²) in [6.07, 6.45) is 5.28. The third-order valence-electron chi connectivity index (χ3n) is 4.81. The largest absolute Gasteiger partial charge is 0.414 e. The Morgan fingerprint density at radius 2 is 2.21 bits per heavy atom. The van der Waals surface area contributed by atoms with Gasteiger partial charge in [0.2, 0.25) is 5.88 Å². The summed E-state index contributed by atoms with van der Waals surface area (Å²) in [7, 11) is 0. The first-order valence-electron chi connectivity index (χ1n) is 9.02. The van der Waals surface area contributed by atoms with Crippen LogP contribution in [0.3, 0.4) is 0 Å². The maximum Gasteiger partial charge on any atom is 0.414 e. The summed E-state index contributed by atoms with van der Waals surface area (Å²) in [4.78, 5) is 21.1. The molecule has 1 saturated carbocycles. The van der Waals surface area contributed by atoms with E-state index in [2.05, 4.69) is 20.4 Å². The van der Waals surface area contributed by atoms with Crippen LogP contribution in [0.15, 0.2) is 36.7 Å². The summed E-state index contributed by atoms with van der Waals surface area (Å²) < 4.78 is 8.91. The molecule has 0 aliphatic heterocycles. The Bertz CT molecular complexity index is 1210. The Kier molecular flexibility index (Phi) is 3.94. The molecule has 4 aromatic heterocycles. The molecular weight excluding hydrogens is 380 g/mol. The Balaban J connectivity index is 1.33. The van der Waals surface area contributed by atoms with Gasteiger partial charge >= 0.3 is 6.09 Å². The van der Waals surface area contributed by atoms with Crippen molar-refractivity contribution in [1.29, 1.82) is 0 Å². The molecule has 0 radical (unpaired) electrons. The van der Waals surface area contributed by atoms with Gasteiger partial charge in [0.1, 0.15) is 10.8 Å². The zero-order chi connectivity index (χ0) is 19.3. The Hall–Kier alpha value is -3.13. The number of aromatic nitrogens is 5. The van der Waals surface area contributed by atoms with Gasteiger partial charge in [-0.2, -0.15) is 9.61 Å². The number of amides is 1. The number of nitrogens with one attached hydrogen (secondary N) is 1. The van der Waals surface area contributed by atoms with Crippen LogP contribution in [0, 0.1) is 6.92 Å². The van der Waals surface area contributed by atoms with Crippen LogP contribution in [0.25, 0.3) is 11.3 Å². The van der Waals surface area contributed by atoms with E-state index in [1.807, 2.05) is 35.7 Å². The maximum absolute atomic E-state index is 12.3. The molecule has 5 rings (SSSR count). The first kappa shape index (κ1) is 17.0. The van der Waals surface area contributed by atoms with E-state index in [0.717, 1.165) is 35.4 Å². The van der Waals surface area contributed by atoms with Gasteiger partial charge in [0.05, 0.1) is 18.4 Å². The summed E-state index contributed by atoms with van der Waals surface area (Å²) >= 11 is 6.12. The van der Waals surface area contributed by atoms with E-state index in [4.69, 9.17) is 16.3 Å². The molecule has 4 heterocycles. The van der Waals surface area contributed by atoms with Gasteiger partial charge in [0.15, 0.2) is 5.65 Å². The molecule has 8 nitrogen and oxygen atoms in total. The molecule has 0 atom stereocenters. The van der Waals surface area contributed by atoms with Gasteiger partial charge < -0.3 is 14.5 Å². The predicted octanol–water partition coefficient (Wildman–Crippen LogP) is 3.50. The summed E-state index contributed by atoms with van der Waals surface area (Å²) in [6, 6.07) is 7.34. The average molecular weight is 397 g/mol. The van der Waals surface area contributed by atoms with Crippen molar-refractivity contribution < 1.29 is 9.53 Å². The quantitative estimate of drug-likeness (QED) is 0.533. The molecule has 1 N–H and O–H groups in total. The van der Waals surface area contributed by atoms with Crippen molar-refractivity contribution in [2.75, 3.05) is 0 Å². The zero-order valence-electron chi connectivity index (χ0n) is 15.1. The van der Waals surface area contributed by atoms with Gasteiger partial charge in [-0.05, 0) is 37.8 Å². The highest BCUT2D eigenvalue weighted by molar-refractivity contribution is 6.29. The van der Waals surface area contributed by atoms with Gasteiger partial charge in [-0.1, -0.05) is 17.7 Å². The molecule has 28 heavy (non-hydrogen) atoms. The minimum Gasteiger partial charge on any atom is -0.391 e. The molecule has 4 aromatic rings. The van der Waals surface area contributed by atoms with Crippen LogP contribution in [0.1, 0.15) is 35.7 Å².